The lowest BCUT2D eigenvalue weighted by Gasteiger charge is -2.28. The maximum Gasteiger partial charge on any atom is 0.225 e. The molecule has 0 bridgehead atoms. The molecule has 19 heavy (non-hydrogen) atoms. The second-order valence-electron chi connectivity index (χ2n) is 7.17. The van der Waals surface area contributed by atoms with E-state index >= 15 is 0 Å². The normalized spacial score (nSPS) is 30.6. The smallest absolute Gasteiger partial charge is 0.225 e. The molecule has 2 atom stereocenters. The summed E-state index contributed by atoms with van der Waals surface area (Å²) in [6, 6.07) is 0. The van der Waals surface area contributed by atoms with Crippen LogP contribution in [0.1, 0.15) is 58.8 Å². The number of amides is 1. The first-order chi connectivity index (χ1) is 9.04. The molecule has 1 amide bonds. The Morgan fingerprint density at radius 1 is 1.37 bits per heavy atom. The molecule has 0 radical (unpaired) electrons. The average Bonchev–Trinajstić information content (AvgIpc) is 2.82. The van der Waals surface area contributed by atoms with Crippen molar-refractivity contribution in [3.05, 3.63) is 0 Å². The van der Waals surface area contributed by atoms with Crippen molar-refractivity contribution in [2.45, 2.75) is 58.8 Å². The van der Waals surface area contributed by atoms with E-state index in [0.29, 0.717) is 12.5 Å². The van der Waals surface area contributed by atoms with Gasteiger partial charge in [0, 0.05) is 19.0 Å². The fourth-order valence-electron chi connectivity index (χ4n) is 3.71. The highest BCUT2D eigenvalue weighted by Crippen LogP contribution is 2.32. The minimum atomic E-state index is 0.153. The van der Waals surface area contributed by atoms with Crippen LogP contribution in [0, 0.1) is 17.3 Å². The molecule has 1 saturated carbocycles. The van der Waals surface area contributed by atoms with Crippen LogP contribution in [0.25, 0.3) is 0 Å². The summed E-state index contributed by atoms with van der Waals surface area (Å²) in [5, 5.41) is 0. The molecular formula is C16H30N2O. The number of carbonyl (C=O) groups is 1. The Morgan fingerprint density at radius 2 is 2.05 bits per heavy atom. The van der Waals surface area contributed by atoms with Crippen LogP contribution in [0.3, 0.4) is 0 Å². The second-order valence-corrected chi connectivity index (χ2v) is 7.17. The van der Waals surface area contributed by atoms with E-state index in [1.165, 1.54) is 32.1 Å². The second kappa shape index (κ2) is 6.25. The Bertz CT molecular complexity index is 312. The Morgan fingerprint density at radius 3 is 2.63 bits per heavy atom. The van der Waals surface area contributed by atoms with Gasteiger partial charge in [-0.05, 0) is 30.7 Å². The van der Waals surface area contributed by atoms with Crippen LogP contribution >= 0.6 is 0 Å². The SMILES string of the molecule is CC(CC1CCCCC1)C(=O)N1CCC(C)(CN)C1. The van der Waals surface area contributed by atoms with Crippen molar-refractivity contribution in [1.82, 2.24) is 4.90 Å². The van der Waals surface area contributed by atoms with Gasteiger partial charge in [0.25, 0.3) is 0 Å². The molecule has 1 saturated heterocycles. The maximum atomic E-state index is 12.5. The molecular weight excluding hydrogens is 236 g/mol. The van der Waals surface area contributed by atoms with Gasteiger partial charge in [-0.2, -0.15) is 0 Å². The van der Waals surface area contributed by atoms with Gasteiger partial charge in [-0.25, -0.2) is 0 Å². The zero-order chi connectivity index (χ0) is 13.9. The van der Waals surface area contributed by atoms with Gasteiger partial charge in [0.15, 0.2) is 0 Å². The minimum Gasteiger partial charge on any atom is -0.342 e. The molecule has 1 aliphatic heterocycles. The molecule has 1 heterocycles. The number of likely N-dealkylation sites (tertiary alicyclic amines) is 1. The summed E-state index contributed by atoms with van der Waals surface area (Å²) in [7, 11) is 0. The number of carbonyl (C=O) groups excluding carboxylic acids is 1. The molecule has 2 unspecified atom stereocenters. The Kier molecular flexibility index (Phi) is 4.88. The first-order valence-corrected chi connectivity index (χ1v) is 8.03. The highest BCUT2D eigenvalue weighted by atomic mass is 16.2. The van der Waals surface area contributed by atoms with E-state index < -0.39 is 0 Å². The van der Waals surface area contributed by atoms with Gasteiger partial charge in [-0.15, -0.1) is 0 Å². The quantitative estimate of drug-likeness (QED) is 0.850. The van der Waals surface area contributed by atoms with Crippen LogP contribution in [0.4, 0.5) is 0 Å². The topological polar surface area (TPSA) is 46.3 Å². The lowest BCUT2D eigenvalue weighted by Crippen LogP contribution is -2.37. The van der Waals surface area contributed by atoms with Gasteiger partial charge in [-0.3, -0.25) is 4.79 Å². The molecule has 2 fully saturated rings. The van der Waals surface area contributed by atoms with Crippen molar-refractivity contribution in [3.63, 3.8) is 0 Å². The Labute approximate surface area is 117 Å². The summed E-state index contributed by atoms with van der Waals surface area (Å²) in [5.41, 5.74) is 5.97. The highest BCUT2D eigenvalue weighted by molar-refractivity contribution is 5.78. The van der Waals surface area contributed by atoms with Gasteiger partial charge in [0.2, 0.25) is 5.91 Å². The Hall–Kier alpha value is -0.570. The lowest BCUT2D eigenvalue weighted by molar-refractivity contribution is -0.134. The van der Waals surface area contributed by atoms with Crippen LogP contribution in [-0.2, 0) is 4.79 Å². The van der Waals surface area contributed by atoms with Crippen LogP contribution in [-0.4, -0.2) is 30.4 Å². The third kappa shape index (κ3) is 3.71. The fourth-order valence-corrected chi connectivity index (χ4v) is 3.71. The summed E-state index contributed by atoms with van der Waals surface area (Å²) in [6.45, 7) is 6.77. The van der Waals surface area contributed by atoms with Crippen molar-refractivity contribution in [2.75, 3.05) is 19.6 Å². The number of hydrogen-bond donors (Lipinski definition) is 1. The molecule has 3 nitrogen and oxygen atoms in total. The maximum absolute atomic E-state index is 12.5. The van der Waals surface area contributed by atoms with Gasteiger partial charge in [0.05, 0.1) is 0 Å². The summed E-state index contributed by atoms with van der Waals surface area (Å²) in [5.74, 6) is 1.35. The predicted molar refractivity (Wildman–Crippen MR) is 78.7 cm³/mol. The molecule has 110 valence electrons. The van der Waals surface area contributed by atoms with Crippen molar-refractivity contribution in [3.8, 4) is 0 Å². The number of nitrogens with zero attached hydrogens (tertiary/aromatic N) is 1. The van der Waals surface area contributed by atoms with Crippen molar-refractivity contribution < 1.29 is 4.79 Å². The molecule has 0 spiro atoms. The third-order valence-electron chi connectivity index (χ3n) is 5.20. The minimum absolute atomic E-state index is 0.153. The van der Waals surface area contributed by atoms with E-state index in [2.05, 4.69) is 18.7 Å². The monoisotopic (exact) mass is 266 g/mol. The lowest BCUT2D eigenvalue weighted by atomic mass is 9.83. The summed E-state index contributed by atoms with van der Waals surface area (Å²) in [6.07, 6.45) is 8.93. The molecule has 2 rings (SSSR count). The molecule has 0 aromatic heterocycles. The van der Waals surface area contributed by atoms with E-state index in [9.17, 15) is 4.79 Å². The number of rotatable bonds is 4. The molecule has 0 aromatic rings. The highest BCUT2D eigenvalue weighted by Gasteiger charge is 2.36. The van der Waals surface area contributed by atoms with Crippen LogP contribution < -0.4 is 5.73 Å². The zero-order valence-electron chi connectivity index (χ0n) is 12.7. The van der Waals surface area contributed by atoms with Crippen LogP contribution in [0.15, 0.2) is 0 Å². The molecule has 2 aliphatic rings. The third-order valence-corrected chi connectivity index (χ3v) is 5.20. The van der Waals surface area contributed by atoms with Crippen molar-refractivity contribution >= 4 is 5.91 Å². The van der Waals surface area contributed by atoms with Gasteiger partial charge >= 0.3 is 0 Å². The van der Waals surface area contributed by atoms with E-state index in [1.54, 1.807) is 0 Å². The molecule has 0 aromatic carbocycles. The van der Waals surface area contributed by atoms with Crippen molar-refractivity contribution in [2.24, 2.45) is 23.0 Å². The number of nitrogens with two attached hydrogens (primary N) is 1. The van der Waals surface area contributed by atoms with E-state index in [-0.39, 0.29) is 11.3 Å². The number of hydrogen-bond acceptors (Lipinski definition) is 2. The summed E-state index contributed by atoms with van der Waals surface area (Å²) < 4.78 is 0. The van der Waals surface area contributed by atoms with Crippen LogP contribution in [0.5, 0.6) is 0 Å². The van der Waals surface area contributed by atoms with E-state index in [1.807, 2.05) is 0 Å². The average molecular weight is 266 g/mol. The Balaban J connectivity index is 1.82. The summed E-state index contributed by atoms with van der Waals surface area (Å²) >= 11 is 0. The first kappa shape index (κ1) is 14.8. The van der Waals surface area contributed by atoms with Gasteiger partial charge in [-0.1, -0.05) is 46.0 Å². The predicted octanol–water partition coefficient (Wildman–Crippen LogP) is 2.79. The molecule has 1 aliphatic carbocycles. The fraction of sp³-hybridized carbons (Fsp3) is 0.938. The van der Waals surface area contributed by atoms with E-state index in [4.69, 9.17) is 5.73 Å². The van der Waals surface area contributed by atoms with E-state index in [0.717, 1.165) is 31.8 Å². The first-order valence-electron chi connectivity index (χ1n) is 8.03. The van der Waals surface area contributed by atoms with Gasteiger partial charge in [0.1, 0.15) is 0 Å². The van der Waals surface area contributed by atoms with Gasteiger partial charge < -0.3 is 10.6 Å². The van der Waals surface area contributed by atoms with Crippen molar-refractivity contribution in [1.29, 1.82) is 0 Å². The molecule has 2 N–H and O–H groups in total. The van der Waals surface area contributed by atoms with Crippen LogP contribution in [0.2, 0.25) is 0 Å². The molecule has 3 heteroatoms. The zero-order valence-corrected chi connectivity index (χ0v) is 12.7. The summed E-state index contributed by atoms with van der Waals surface area (Å²) in [4.78, 5) is 14.6. The standard InChI is InChI=1S/C16H30N2O/c1-13(10-14-6-4-3-5-7-14)15(19)18-9-8-16(2,11-17)12-18/h13-14H,3-12,17H2,1-2H3. The largest absolute Gasteiger partial charge is 0.342 e.